The van der Waals surface area contributed by atoms with Gasteiger partial charge in [-0.3, -0.25) is 9.69 Å². The van der Waals surface area contributed by atoms with Crippen molar-refractivity contribution in [2.75, 3.05) is 45.2 Å². The fraction of sp³-hybridized carbons (Fsp3) is 0.467. The van der Waals surface area contributed by atoms with Gasteiger partial charge in [0, 0.05) is 31.9 Å². The molecule has 1 saturated heterocycles. The number of carbonyl (C=O) groups excluding carboxylic acids is 2. The molecule has 0 atom stereocenters. The van der Waals surface area contributed by atoms with Crippen molar-refractivity contribution in [1.82, 2.24) is 10.2 Å². The number of anilines is 1. The smallest absolute Gasteiger partial charge is 0.337 e. The Labute approximate surface area is 148 Å². The maximum Gasteiger partial charge on any atom is 0.337 e. The van der Waals surface area contributed by atoms with Crippen LogP contribution in [0.3, 0.4) is 0 Å². The predicted octanol–water partition coefficient (Wildman–Crippen LogP) is 1.47. The van der Waals surface area contributed by atoms with Crippen LogP contribution >= 0.6 is 24.8 Å². The molecule has 1 fully saturated rings. The lowest BCUT2D eigenvalue weighted by atomic mass is 10.1. The molecule has 1 aromatic carbocycles. The summed E-state index contributed by atoms with van der Waals surface area (Å²) >= 11 is 0. The van der Waals surface area contributed by atoms with Gasteiger partial charge in [0.05, 0.1) is 19.2 Å². The van der Waals surface area contributed by atoms with Gasteiger partial charge in [0.25, 0.3) is 0 Å². The first-order valence-electron chi connectivity index (χ1n) is 7.02. The summed E-state index contributed by atoms with van der Waals surface area (Å²) in [6.45, 7) is 5.81. The third-order valence-electron chi connectivity index (χ3n) is 3.51. The van der Waals surface area contributed by atoms with Gasteiger partial charge in [-0.05, 0) is 24.6 Å². The van der Waals surface area contributed by atoms with Crippen LogP contribution in [-0.4, -0.2) is 56.6 Å². The molecule has 0 bridgehead atoms. The molecule has 0 spiro atoms. The molecule has 1 amide bonds. The number of nitrogens with zero attached hydrogens (tertiary/aromatic N) is 1. The third-order valence-corrected chi connectivity index (χ3v) is 3.51. The van der Waals surface area contributed by atoms with Crippen molar-refractivity contribution in [3.63, 3.8) is 0 Å². The minimum Gasteiger partial charge on any atom is -0.465 e. The quantitative estimate of drug-likeness (QED) is 0.792. The Morgan fingerprint density at radius 1 is 1.26 bits per heavy atom. The minimum atomic E-state index is -0.410. The minimum absolute atomic E-state index is 0. The number of carbonyl (C=O) groups is 2. The number of methoxy groups -OCH3 is 1. The average Bonchev–Trinajstić information content (AvgIpc) is 2.49. The first kappa shape index (κ1) is 21.7. The Hall–Kier alpha value is -1.34. The molecule has 0 unspecified atom stereocenters. The second kappa shape index (κ2) is 10.4. The van der Waals surface area contributed by atoms with Crippen molar-refractivity contribution in [2.45, 2.75) is 6.92 Å². The van der Waals surface area contributed by atoms with Crippen molar-refractivity contribution in [3.05, 3.63) is 29.3 Å². The highest BCUT2D eigenvalue weighted by Gasteiger charge is 2.15. The first-order chi connectivity index (χ1) is 10.1. The Bertz CT molecular complexity index is 535. The molecule has 1 aromatic rings. The van der Waals surface area contributed by atoms with E-state index in [1.807, 2.05) is 6.92 Å². The fourth-order valence-electron chi connectivity index (χ4n) is 2.26. The monoisotopic (exact) mass is 363 g/mol. The molecule has 1 aliphatic rings. The van der Waals surface area contributed by atoms with Crippen LogP contribution in [-0.2, 0) is 9.53 Å². The van der Waals surface area contributed by atoms with E-state index in [4.69, 9.17) is 4.74 Å². The zero-order chi connectivity index (χ0) is 15.2. The Kier molecular flexibility index (Phi) is 9.83. The molecular weight excluding hydrogens is 341 g/mol. The number of ether oxygens (including phenoxy) is 1. The maximum absolute atomic E-state index is 12.1. The standard InChI is InChI=1S/C15H21N3O3.2ClH/c1-11-3-4-12(15(20)21-2)9-13(11)17-14(19)10-18-7-5-16-6-8-18;;/h3-4,9,16H,5-8,10H2,1-2H3,(H,17,19);2*1H. The van der Waals surface area contributed by atoms with Gasteiger partial charge < -0.3 is 15.4 Å². The number of rotatable bonds is 4. The normalized spacial score (nSPS) is 14.2. The Morgan fingerprint density at radius 3 is 2.52 bits per heavy atom. The molecule has 2 N–H and O–H groups in total. The van der Waals surface area contributed by atoms with Crippen LogP contribution in [0, 0.1) is 6.92 Å². The molecule has 0 aliphatic carbocycles. The van der Waals surface area contributed by atoms with E-state index in [2.05, 4.69) is 15.5 Å². The second-order valence-corrected chi connectivity index (χ2v) is 5.10. The van der Waals surface area contributed by atoms with Gasteiger partial charge in [-0.2, -0.15) is 0 Å². The topological polar surface area (TPSA) is 70.7 Å². The molecular formula is C15H23Cl2N3O3. The van der Waals surface area contributed by atoms with Crippen LogP contribution in [0.5, 0.6) is 0 Å². The lowest BCUT2D eigenvalue weighted by Crippen LogP contribution is -2.46. The molecule has 1 heterocycles. The van der Waals surface area contributed by atoms with Crippen LogP contribution in [0.1, 0.15) is 15.9 Å². The van der Waals surface area contributed by atoms with Crippen molar-refractivity contribution in [1.29, 1.82) is 0 Å². The van der Waals surface area contributed by atoms with Crippen LogP contribution in [0.4, 0.5) is 5.69 Å². The number of amides is 1. The SMILES string of the molecule is COC(=O)c1ccc(C)c(NC(=O)CN2CCNCC2)c1.Cl.Cl. The number of piperazine rings is 1. The summed E-state index contributed by atoms with van der Waals surface area (Å²) in [5, 5.41) is 6.12. The highest BCUT2D eigenvalue weighted by atomic mass is 35.5. The first-order valence-corrected chi connectivity index (χ1v) is 7.02. The van der Waals surface area contributed by atoms with Crippen LogP contribution in [0.2, 0.25) is 0 Å². The third kappa shape index (κ3) is 6.35. The van der Waals surface area contributed by atoms with E-state index in [-0.39, 0.29) is 30.7 Å². The second-order valence-electron chi connectivity index (χ2n) is 5.10. The Morgan fingerprint density at radius 2 is 1.91 bits per heavy atom. The van der Waals surface area contributed by atoms with Crippen LogP contribution in [0.15, 0.2) is 18.2 Å². The van der Waals surface area contributed by atoms with Crippen LogP contribution in [0.25, 0.3) is 0 Å². The summed E-state index contributed by atoms with van der Waals surface area (Å²) in [5.41, 5.74) is 2.00. The molecule has 8 heteroatoms. The van der Waals surface area contributed by atoms with Crippen molar-refractivity contribution in [2.24, 2.45) is 0 Å². The van der Waals surface area contributed by atoms with Gasteiger partial charge in [-0.25, -0.2) is 4.79 Å². The number of esters is 1. The van der Waals surface area contributed by atoms with Crippen molar-refractivity contribution >= 4 is 42.4 Å². The number of hydrogen-bond acceptors (Lipinski definition) is 5. The summed E-state index contributed by atoms with van der Waals surface area (Å²) in [5.74, 6) is -0.477. The molecule has 130 valence electrons. The Balaban J connectivity index is 0.00000242. The predicted molar refractivity (Wildman–Crippen MR) is 95.0 cm³/mol. The maximum atomic E-state index is 12.1. The number of aryl methyl sites for hydroxylation is 1. The largest absolute Gasteiger partial charge is 0.465 e. The molecule has 1 aliphatic heterocycles. The van der Waals surface area contributed by atoms with Gasteiger partial charge in [-0.15, -0.1) is 24.8 Å². The summed E-state index contributed by atoms with van der Waals surface area (Å²) < 4.78 is 4.69. The van der Waals surface area contributed by atoms with Gasteiger partial charge in [0.2, 0.25) is 5.91 Å². The molecule has 0 aromatic heterocycles. The number of nitrogens with one attached hydrogen (secondary N) is 2. The number of halogens is 2. The van der Waals surface area contributed by atoms with Gasteiger partial charge in [-0.1, -0.05) is 6.07 Å². The molecule has 23 heavy (non-hydrogen) atoms. The van der Waals surface area contributed by atoms with Crippen molar-refractivity contribution < 1.29 is 14.3 Å². The van der Waals surface area contributed by atoms with Gasteiger partial charge in [0.1, 0.15) is 0 Å². The summed E-state index contributed by atoms with van der Waals surface area (Å²) in [4.78, 5) is 25.7. The van der Waals surface area contributed by atoms with Gasteiger partial charge in [0.15, 0.2) is 0 Å². The summed E-state index contributed by atoms with van der Waals surface area (Å²) in [7, 11) is 1.34. The highest BCUT2D eigenvalue weighted by Crippen LogP contribution is 2.17. The zero-order valence-electron chi connectivity index (χ0n) is 13.3. The van der Waals surface area contributed by atoms with E-state index in [0.29, 0.717) is 17.8 Å². The number of benzene rings is 1. The lowest BCUT2D eigenvalue weighted by molar-refractivity contribution is -0.117. The summed E-state index contributed by atoms with van der Waals surface area (Å²) in [6, 6.07) is 5.14. The lowest BCUT2D eigenvalue weighted by Gasteiger charge is -2.26. The van der Waals surface area contributed by atoms with E-state index in [1.54, 1.807) is 18.2 Å². The van der Waals surface area contributed by atoms with E-state index < -0.39 is 5.97 Å². The molecule has 2 rings (SSSR count). The van der Waals surface area contributed by atoms with Gasteiger partial charge >= 0.3 is 5.97 Å². The average molecular weight is 364 g/mol. The van der Waals surface area contributed by atoms with E-state index >= 15 is 0 Å². The fourth-order valence-corrected chi connectivity index (χ4v) is 2.26. The molecule has 6 nitrogen and oxygen atoms in total. The molecule has 0 radical (unpaired) electrons. The summed E-state index contributed by atoms with van der Waals surface area (Å²) in [6.07, 6.45) is 0. The van der Waals surface area contributed by atoms with E-state index in [1.165, 1.54) is 7.11 Å². The van der Waals surface area contributed by atoms with Crippen molar-refractivity contribution in [3.8, 4) is 0 Å². The van der Waals surface area contributed by atoms with E-state index in [9.17, 15) is 9.59 Å². The highest BCUT2D eigenvalue weighted by molar-refractivity contribution is 5.96. The van der Waals surface area contributed by atoms with Crippen LogP contribution < -0.4 is 10.6 Å². The zero-order valence-corrected chi connectivity index (χ0v) is 14.9. The molecule has 0 saturated carbocycles. The number of hydrogen-bond donors (Lipinski definition) is 2. The van der Waals surface area contributed by atoms with E-state index in [0.717, 1.165) is 31.7 Å².